The minimum absolute atomic E-state index is 0.234. The fraction of sp³-hybridized carbons (Fsp3) is 0.130. The number of nitrogens with one attached hydrogen (secondary N) is 2. The fourth-order valence-electron chi connectivity index (χ4n) is 2.79. The van der Waals surface area contributed by atoms with Gasteiger partial charge in [-0.25, -0.2) is 0 Å². The van der Waals surface area contributed by atoms with E-state index in [0.717, 1.165) is 5.56 Å². The average molecular weight is 459 g/mol. The number of methoxy groups -OCH3 is 1. The SMILES string of the molecule is COc1cc(C(=O)Nc2ccc(NC(C)=O)c(Cl)c2)ccc1OCc1ccccc1Cl. The van der Waals surface area contributed by atoms with E-state index in [-0.39, 0.29) is 18.4 Å². The molecule has 0 heterocycles. The number of hydrogen-bond donors (Lipinski definition) is 2. The summed E-state index contributed by atoms with van der Waals surface area (Å²) >= 11 is 12.3. The molecule has 0 aliphatic rings. The van der Waals surface area contributed by atoms with E-state index >= 15 is 0 Å². The molecule has 0 saturated carbocycles. The van der Waals surface area contributed by atoms with Crippen molar-refractivity contribution in [1.82, 2.24) is 0 Å². The van der Waals surface area contributed by atoms with Gasteiger partial charge in [0, 0.05) is 28.8 Å². The normalized spacial score (nSPS) is 10.3. The van der Waals surface area contributed by atoms with Crippen molar-refractivity contribution in [2.24, 2.45) is 0 Å². The van der Waals surface area contributed by atoms with Crippen molar-refractivity contribution in [1.29, 1.82) is 0 Å². The van der Waals surface area contributed by atoms with Crippen LogP contribution in [-0.4, -0.2) is 18.9 Å². The first kappa shape index (κ1) is 22.5. The van der Waals surface area contributed by atoms with Crippen LogP contribution in [0.2, 0.25) is 10.0 Å². The predicted molar refractivity (Wildman–Crippen MR) is 122 cm³/mol. The Bertz CT molecular complexity index is 1120. The zero-order chi connectivity index (χ0) is 22.4. The molecule has 0 fully saturated rings. The summed E-state index contributed by atoms with van der Waals surface area (Å²) in [5.41, 5.74) is 2.17. The number of hydrogen-bond acceptors (Lipinski definition) is 4. The third-order valence-electron chi connectivity index (χ3n) is 4.30. The van der Waals surface area contributed by atoms with Crippen LogP contribution in [0.4, 0.5) is 11.4 Å². The van der Waals surface area contributed by atoms with Crippen molar-refractivity contribution in [3.05, 3.63) is 81.8 Å². The maximum atomic E-state index is 12.7. The molecule has 3 aromatic carbocycles. The number of halogens is 2. The van der Waals surface area contributed by atoms with Gasteiger partial charge in [0.2, 0.25) is 5.91 Å². The van der Waals surface area contributed by atoms with Crippen LogP contribution in [0, 0.1) is 0 Å². The van der Waals surface area contributed by atoms with Gasteiger partial charge in [-0.05, 0) is 42.5 Å². The first-order valence-corrected chi connectivity index (χ1v) is 10.1. The van der Waals surface area contributed by atoms with Gasteiger partial charge in [-0.15, -0.1) is 0 Å². The Morgan fingerprint density at radius 1 is 0.903 bits per heavy atom. The second-order valence-electron chi connectivity index (χ2n) is 6.58. The third-order valence-corrected chi connectivity index (χ3v) is 4.99. The molecule has 31 heavy (non-hydrogen) atoms. The molecule has 0 spiro atoms. The molecule has 0 saturated heterocycles. The number of rotatable bonds is 7. The van der Waals surface area contributed by atoms with Crippen molar-refractivity contribution in [3.63, 3.8) is 0 Å². The number of anilines is 2. The van der Waals surface area contributed by atoms with Crippen LogP contribution in [-0.2, 0) is 11.4 Å². The Morgan fingerprint density at radius 2 is 1.68 bits per heavy atom. The molecule has 0 unspecified atom stereocenters. The van der Waals surface area contributed by atoms with Crippen LogP contribution >= 0.6 is 23.2 Å². The summed E-state index contributed by atoms with van der Waals surface area (Å²) < 4.78 is 11.2. The van der Waals surface area contributed by atoms with E-state index in [0.29, 0.717) is 38.5 Å². The quantitative estimate of drug-likeness (QED) is 0.469. The highest BCUT2D eigenvalue weighted by Crippen LogP contribution is 2.30. The summed E-state index contributed by atoms with van der Waals surface area (Å²) in [7, 11) is 1.50. The third kappa shape index (κ3) is 5.90. The fourth-order valence-corrected chi connectivity index (χ4v) is 3.20. The van der Waals surface area contributed by atoms with Gasteiger partial charge in [0.15, 0.2) is 11.5 Å². The molecule has 0 aliphatic carbocycles. The Kier molecular flexibility index (Phi) is 7.39. The van der Waals surface area contributed by atoms with E-state index < -0.39 is 0 Å². The minimum Gasteiger partial charge on any atom is -0.493 e. The molecule has 6 nitrogen and oxygen atoms in total. The number of ether oxygens (including phenoxy) is 2. The molecule has 0 aromatic heterocycles. The maximum Gasteiger partial charge on any atom is 0.255 e. The van der Waals surface area contributed by atoms with E-state index in [4.69, 9.17) is 32.7 Å². The van der Waals surface area contributed by atoms with E-state index in [1.807, 2.05) is 18.2 Å². The minimum atomic E-state index is -0.348. The Morgan fingerprint density at radius 3 is 2.35 bits per heavy atom. The van der Waals surface area contributed by atoms with E-state index in [9.17, 15) is 9.59 Å². The largest absolute Gasteiger partial charge is 0.493 e. The lowest BCUT2D eigenvalue weighted by Gasteiger charge is -2.13. The summed E-state index contributed by atoms with van der Waals surface area (Å²) in [6.45, 7) is 1.65. The summed E-state index contributed by atoms with van der Waals surface area (Å²) in [6.07, 6.45) is 0. The standard InChI is InChI=1S/C23H20Cl2N2O4/c1-14(28)26-20-9-8-17(12-19(20)25)27-23(29)15-7-10-21(22(11-15)30-2)31-13-16-5-3-4-6-18(16)24/h3-12H,13H2,1-2H3,(H,26,28)(H,27,29). The first-order valence-electron chi connectivity index (χ1n) is 9.30. The van der Waals surface area contributed by atoms with Crippen molar-refractivity contribution in [2.45, 2.75) is 13.5 Å². The van der Waals surface area contributed by atoms with Gasteiger partial charge >= 0.3 is 0 Å². The van der Waals surface area contributed by atoms with Gasteiger partial charge in [0.05, 0.1) is 17.8 Å². The van der Waals surface area contributed by atoms with Crippen LogP contribution in [0.15, 0.2) is 60.7 Å². The van der Waals surface area contributed by atoms with Crippen LogP contribution < -0.4 is 20.1 Å². The smallest absolute Gasteiger partial charge is 0.255 e. The van der Waals surface area contributed by atoms with Gasteiger partial charge in [0.1, 0.15) is 6.61 Å². The van der Waals surface area contributed by atoms with Crippen molar-refractivity contribution < 1.29 is 19.1 Å². The molecule has 2 amide bonds. The summed E-state index contributed by atoms with van der Waals surface area (Å²) in [6, 6.07) is 17.1. The summed E-state index contributed by atoms with van der Waals surface area (Å²) in [5, 5.41) is 6.30. The van der Waals surface area contributed by atoms with Crippen LogP contribution in [0.25, 0.3) is 0 Å². The monoisotopic (exact) mass is 458 g/mol. The van der Waals surface area contributed by atoms with E-state index in [1.165, 1.54) is 14.0 Å². The molecule has 3 rings (SSSR count). The molecular weight excluding hydrogens is 439 g/mol. The average Bonchev–Trinajstić information content (AvgIpc) is 2.74. The second kappa shape index (κ2) is 10.2. The molecule has 2 N–H and O–H groups in total. The van der Waals surface area contributed by atoms with Crippen LogP contribution in [0.1, 0.15) is 22.8 Å². The second-order valence-corrected chi connectivity index (χ2v) is 7.39. The van der Waals surface area contributed by atoms with E-state index in [2.05, 4.69) is 10.6 Å². The van der Waals surface area contributed by atoms with Gasteiger partial charge in [-0.2, -0.15) is 0 Å². The molecule has 0 aliphatic heterocycles. The lowest BCUT2D eigenvalue weighted by molar-refractivity contribution is -0.114. The Labute approximate surface area is 190 Å². The zero-order valence-electron chi connectivity index (χ0n) is 16.9. The molecule has 3 aromatic rings. The predicted octanol–water partition coefficient (Wildman–Crippen LogP) is 5.79. The van der Waals surface area contributed by atoms with Crippen molar-refractivity contribution in [2.75, 3.05) is 17.7 Å². The number of amides is 2. The summed E-state index contributed by atoms with van der Waals surface area (Å²) in [4.78, 5) is 23.8. The highest BCUT2D eigenvalue weighted by Gasteiger charge is 2.13. The Hall–Kier alpha value is -3.22. The number of carbonyl (C=O) groups is 2. The number of benzene rings is 3. The lowest BCUT2D eigenvalue weighted by atomic mass is 10.1. The van der Waals surface area contributed by atoms with Crippen molar-refractivity contribution >= 4 is 46.4 Å². The molecule has 8 heteroatoms. The molecule has 0 atom stereocenters. The van der Waals surface area contributed by atoms with Crippen molar-refractivity contribution in [3.8, 4) is 11.5 Å². The number of carbonyl (C=O) groups excluding carboxylic acids is 2. The maximum absolute atomic E-state index is 12.7. The van der Waals surface area contributed by atoms with E-state index in [1.54, 1.807) is 42.5 Å². The molecule has 0 radical (unpaired) electrons. The molecule has 0 bridgehead atoms. The Balaban J connectivity index is 1.71. The molecule has 160 valence electrons. The highest BCUT2D eigenvalue weighted by atomic mass is 35.5. The van der Waals surface area contributed by atoms with Crippen LogP contribution in [0.5, 0.6) is 11.5 Å². The first-order chi connectivity index (χ1) is 14.9. The lowest BCUT2D eigenvalue weighted by Crippen LogP contribution is -2.12. The zero-order valence-corrected chi connectivity index (χ0v) is 18.4. The van der Waals surface area contributed by atoms with Crippen LogP contribution in [0.3, 0.4) is 0 Å². The topological polar surface area (TPSA) is 76.7 Å². The van der Waals surface area contributed by atoms with Gasteiger partial charge < -0.3 is 20.1 Å². The van der Waals surface area contributed by atoms with Gasteiger partial charge in [-0.3, -0.25) is 9.59 Å². The highest BCUT2D eigenvalue weighted by molar-refractivity contribution is 6.34. The van der Waals surface area contributed by atoms with Gasteiger partial charge in [0.25, 0.3) is 5.91 Å². The molecular formula is C23H20Cl2N2O4. The van der Waals surface area contributed by atoms with Gasteiger partial charge in [-0.1, -0.05) is 41.4 Å². The summed E-state index contributed by atoms with van der Waals surface area (Å²) in [5.74, 6) is 0.322.